The van der Waals surface area contributed by atoms with Crippen molar-refractivity contribution in [1.29, 1.82) is 0 Å². The van der Waals surface area contributed by atoms with Gasteiger partial charge in [0.1, 0.15) is 23.3 Å². The van der Waals surface area contributed by atoms with Gasteiger partial charge in [-0.1, -0.05) is 36.4 Å². The van der Waals surface area contributed by atoms with Gasteiger partial charge in [0.2, 0.25) is 6.54 Å². The van der Waals surface area contributed by atoms with Crippen molar-refractivity contribution in [2.24, 2.45) is 5.92 Å². The molecule has 1 N–H and O–H groups in total. The number of amides is 1. The molecule has 1 amide bonds. The van der Waals surface area contributed by atoms with E-state index in [0.717, 1.165) is 16.6 Å². The maximum Gasteiger partial charge on any atom is 0.318 e. The smallest absolute Gasteiger partial charge is 0.318 e. The average Bonchev–Trinajstić information content (AvgIpc) is 3.04. The molecule has 2 saturated heterocycles. The number of fused-ring (bicyclic) bond motifs is 2. The molecule has 0 radical (unpaired) electrons. The van der Waals surface area contributed by atoms with Gasteiger partial charge in [0.15, 0.2) is 5.83 Å². The van der Waals surface area contributed by atoms with E-state index in [-0.39, 0.29) is 49.7 Å². The summed E-state index contributed by atoms with van der Waals surface area (Å²) in [6, 6.07) is 8.34. The number of benzene rings is 2. The number of nitrogens with zero attached hydrogens (tertiary/aromatic N) is 6. The van der Waals surface area contributed by atoms with Crippen molar-refractivity contribution in [2.45, 2.75) is 38.0 Å². The number of hydrogen-bond acceptors (Lipinski definition) is 7. The number of carbonyl (C=O) groups is 1. The lowest BCUT2D eigenvalue weighted by Crippen LogP contribution is -2.57. The number of piperidine rings is 1. The number of rotatable bonds is 7. The molecule has 46 heavy (non-hydrogen) atoms. The minimum Gasteiger partial charge on any atom is -0.463 e. The van der Waals surface area contributed by atoms with E-state index < -0.39 is 29.3 Å². The summed E-state index contributed by atoms with van der Waals surface area (Å²) in [6.45, 7) is 15.0. The molecule has 3 atom stereocenters. The second-order valence-corrected chi connectivity index (χ2v) is 12.8. The molecule has 3 aromatic rings. The first-order valence-corrected chi connectivity index (χ1v) is 15.7. The topological polar surface area (TPSA) is 78.2 Å². The Hall–Kier alpha value is -4.08. The average molecular weight is 654 g/mol. The van der Waals surface area contributed by atoms with Gasteiger partial charge in [0, 0.05) is 61.8 Å². The maximum atomic E-state index is 14.7. The van der Waals surface area contributed by atoms with Gasteiger partial charge in [-0.15, -0.1) is 0 Å². The summed E-state index contributed by atoms with van der Waals surface area (Å²) in [6.07, 6.45) is 0.896. The zero-order valence-corrected chi connectivity index (χ0v) is 26.3. The Bertz CT molecular complexity index is 1710. The molecule has 2 aromatic carbocycles. The summed E-state index contributed by atoms with van der Waals surface area (Å²) in [5.74, 6) is -1.83. The third-order valence-electron chi connectivity index (χ3n) is 8.94. The summed E-state index contributed by atoms with van der Waals surface area (Å²) in [4.78, 5) is 31.1. The summed E-state index contributed by atoms with van der Waals surface area (Å²) in [5, 5.41) is 4.62. The van der Waals surface area contributed by atoms with Crippen LogP contribution in [0.15, 0.2) is 42.7 Å². The summed E-state index contributed by atoms with van der Waals surface area (Å²) in [5.41, 5.74) is 1.05. The first-order valence-electron chi connectivity index (χ1n) is 15.3. The second-order valence-electron chi connectivity index (χ2n) is 12.4. The Morgan fingerprint density at radius 2 is 2.07 bits per heavy atom. The van der Waals surface area contributed by atoms with Crippen LogP contribution in [0.1, 0.15) is 24.6 Å². The number of anilines is 2. The molecule has 2 fully saturated rings. The van der Waals surface area contributed by atoms with Crippen molar-refractivity contribution < 1.29 is 22.7 Å². The fraction of sp³-hybridized carbons (Fsp3) is 0.455. The van der Waals surface area contributed by atoms with E-state index in [1.165, 1.54) is 11.0 Å². The molecule has 3 aliphatic rings. The Labute approximate surface area is 270 Å². The lowest BCUT2D eigenvalue weighted by molar-refractivity contribution is -0.131. The molecule has 6 rings (SSSR count). The minimum absolute atomic E-state index is 0.00495. The third-order valence-corrected chi connectivity index (χ3v) is 9.31. The van der Waals surface area contributed by atoms with E-state index in [2.05, 4.69) is 21.6 Å². The van der Waals surface area contributed by atoms with Gasteiger partial charge in [0.25, 0.3) is 5.91 Å². The Balaban J connectivity index is 1.34. The van der Waals surface area contributed by atoms with Gasteiger partial charge in [-0.3, -0.25) is 4.79 Å². The van der Waals surface area contributed by atoms with E-state index in [4.69, 9.17) is 32.9 Å². The number of ether oxygens (including phenoxy) is 1. The van der Waals surface area contributed by atoms with E-state index in [0.29, 0.717) is 55.9 Å². The van der Waals surface area contributed by atoms with Crippen LogP contribution in [0.2, 0.25) is 5.02 Å². The molecule has 1 aromatic heterocycles. The molecule has 13 heteroatoms. The van der Waals surface area contributed by atoms with Crippen molar-refractivity contribution in [3.05, 3.63) is 76.3 Å². The first-order chi connectivity index (χ1) is 22.0. The van der Waals surface area contributed by atoms with Crippen LogP contribution in [0.5, 0.6) is 6.01 Å². The van der Waals surface area contributed by atoms with Gasteiger partial charge in [-0.05, 0) is 37.3 Å². The number of halogens is 4. The number of carbonyl (C=O) groups excluding carboxylic acids is 1. The molecule has 242 valence electrons. The third kappa shape index (κ3) is 6.44. The number of nitrogens with one attached hydrogen (secondary N) is 1. The van der Waals surface area contributed by atoms with Crippen LogP contribution in [-0.2, 0) is 17.8 Å². The largest absolute Gasteiger partial charge is 0.463 e. The van der Waals surface area contributed by atoms with Gasteiger partial charge >= 0.3 is 6.01 Å². The van der Waals surface area contributed by atoms with Crippen molar-refractivity contribution in [3.63, 3.8) is 0 Å². The normalized spacial score (nSPS) is 23.2. The lowest BCUT2D eigenvalue weighted by atomic mass is 9.90. The Kier molecular flexibility index (Phi) is 8.99. The molecular formula is C33H35ClF3N7O2. The maximum absolute atomic E-state index is 14.7. The highest BCUT2D eigenvalue weighted by Crippen LogP contribution is 2.38. The second kappa shape index (κ2) is 13.0. The zero-order chi connectivity index (χ0) is 32.6. The van der Waals surface area contributed by atoms with E-state index in [9.17, 15) is 18.0 Å². The van der Waals surface area contributed by atoms with Crippen molar-refractivity contribution in [1.82, 2.24) is 20.2 Å². The van der Waals surface area contributed by atoms with Crippen LogP contribution in [0.3, 0.4) is 0 Å². The fourth-order valence-electron chi connectivity index (χ4n) is 6.80. The summed E-state index contributed by atoms with van der Waals surface area (Å²) >= 11 is 6.47. The molecule has 0 bridgehead atoms. The monoisotopic (exact) mass is 653 g/mol. The highest BCUT2D eigenvalue weighted by molar-refractivity contribution is 6.36. The molecule has 3 aliphatic heterocycles. The predicted molar refractivity (Wildman–Crippen MR) is 171 cm³/mol. The van der Waals surface area contributed by atoms with Gasteiger partial charge < -0.3 is 29.6 Å². The van der Waals surface area contributed by atoms with Gasteiger partial charge in [-0.2, -0.15) is 9.97 Å². The quantitative estimate of drug-likeness (QED) is 0.280. The van der Waals surface area contributed by atoms with Crippen LogP contribution < -0.4 is 19.9 Å². The van der Waals surface area contributed by atoms with Crippen LogP contribution in [0, 0.1) is 18.3 Å². The molecule has 4 heterocycles. The van der Waals surface area contributed by atoms with Crippen molar-refractivity contribution >= 4 is 39.8 Å². The van der Waals surface area contributed by atoms with E-state index in [1.807, 2.05) is 23.1 Å². The van der Waals surface area contributed by atoms with Crippen LogP contribution in [0.4, 0.5) is 24.7 Å². The van der Waals surface area contributed by atoms with E-state index >= 15 is 0 Å². The summed E-state index contributed by atoms with van der Waals surface area (Å²) in [7, 11) is 0. The molecule has 9 nitrogen and oxygen atoms in total. The highest BCUT2D eigenvalue weighted by atomic mass is 35.5. The summed E-state index contributed by atoms with van der Waals surface area (Å²) < 4.78 is 49.2. The Morgan fingerprint density at radius 1 is 1.24 bits per heavy atom. The molecular weight excluding hydrogens is 619 g/mol. The SMILES string of the molecule is [C-]#[N+]C[C@H]1CN(c2nc(OC[C@H]3CNCC(C)(F)C3)nc3c2CCN(c2cccc4ccc(F)c(Cl)c24)C3)CCN1C(=O)C(=C)F. The van der Waals surface area contributed by atoms with Gasteiger partial charge in [0.05, 0.1) is 23.9 Å². The van der Waals surface area contributed by atoms with Crippen molar-refractivity contribution in [3.8, 4) is 6.01 Å². The zero-order valence-electron chi connectivity index (χ0n) is 25.5. The Morgan fingerprint density at radius 3 is 2.83 bits per heavy atom. The molecule has 0 aliphatic carbocycles. The van der Waals surface area contributed by atoms with Crippen LogP contribution in [-0.4, -0.2) is 84.9 Å². The highest BCUT2D eigenvalue weighted by Gasteiger charge is 2.37. The molecule has 1 unspecified atom stereocenters. The number of hydrogen-bond donors (Lipinski definition) is 1. The fourth-order valence-corrected chi connectivity index (χ4v) is 7.07. The lowest BCUT2D eigenvalue weighted by Gasteiger charge is -2.41. The van der Waals surface area contributed by atoms with Crippen LogP contribution in [0.25, 0.3) is 15.6 Å². The van der Waals surface area contributed by atoms with E-state index in [1.54, 1.807) is 13.0 Å². The molecule has 0 saturated carbocycles. The molecule has 0 spiro atoms. The number of piperazine rings is 1. The number of alkyl halides is 1. The van der Waals surface area contributed by atoms with Crippen LogP contribution >= 0.6 is 11.6 Å². The minimum atomic E-state index is -1.34. The van der Waals surface area contributed by atoms with Gasteiger partial charge in [-0.25, -0.2) is 19.7 Å². The standard InChI is InChI=1S/C33H35ClF3N7O2/c1-20(35)31(45)44-12-11-43(16-23(44)15-38-3)30-24-9-10-42(27-6-4-5-22-7-8-25(36)29(34)28(22)27)17-26(24)40-32(41-30)46-18-21-13-33(2,37)19-39-14-21/h4-8,21,23,39H,1,9-19H2,2H3/t21-,23+,33?/m1/s1. The van der Waals surface area contributed by atoms with Crippen molar-refractivity contribution in [2.75, 3.05) is 62.2 Å². The predicted octanol–water partition coefficient (Wildman–Crippen LogP) is 5.12. The number of aromatic nitrogens is 2. The first kappa shape index (κ1) is 31.9.